The van der Waals surface area contributed by atoms with E-state index in [9.17, 15) is 9.59 Å². The van der Waals surface area contributed by atoms with Gasteiger partial charge in [-0.3, -0.25) is 9.59 Å². The van der Waals surface area contributed by atoms with Gasteiger partial charge in [-0.1, -0.05) is 24.3 Å². The molecule has 0 aromatic carbocycles. The smallest absolute Gasteiger partial charge is 0.310 e. The molecule has 2 N–H and O–H groups in total. The molecule has 4 nitrogen and oxygen atoms in total. The average molecular weight is 318 g/mol. The number of carboxylic acids is 2. The summed E-state index contributed by atoms with van der Waals surface area (Å²) in [6.07, 6.45) is 13.2. The summed E-state index contributed by atoms with van der Waals surface area (Å²) in [6.45, 7) is 0. The fraction of sp³-hybridized carbons (Fsp3) is 0.571. The van der Waals surface area contributed by atoms with E-state index in [0.717, 1.165) is 38.5 Å². The van der Waals surface area contributed by atoms with Gasteiger partial charge in [0.1, 0.15) is 0 Å². The van der Waals surface area contributed by atoms with Gasteiger partial charge < -0.3 is 10.2 Å². The van der Waals surface area contributed by atoms with Crippen LogP contribution in [0.5, 0.6) is 0 Å². The zero-order valence-electron chi connectivity index (χ0n) is 11.1. The number of carbonyl (C=O) groups is 2. The molecule has 2 aliphatic carbocycles. The first kappa shape index (κ1) is 18.0. The molecule has 2 unspecified atom stereocenters. The quantitative estimate of drug-likeness (QED) is 0.606. The van der Waals surface area contributed by atoms with Crippen molar-refractivity contribution in [3.05, 3.63) is 24.3 Å². The van der Waals surface area contributed by atoms with Crippen LogP contribution in [0.1, 0.15) is 38.5 Å². The van der Waals surface area contributed by atoms with Gasteiger partial charge >= 0.3 is 11.9 Å². The summed E-state index contributed by atoms with van der Waals surface area (Å²) in [5.41, 5.74) is 0. The predicted octanol–water partition coefficient (Wildman–Crippen LogP) is 2.85. The molecule has 0 aliphatic heterocycles. The number of allylic oxidation sites excluding steroid dienone is 2. The van der Waals surface area contributed by atoms with Crippen LogP contribution in [0.4, 0.5) is 0 Å². The van der Waals surface area contributed by atoms with Crippen molar-refractivity contribution in [3.8, 4) is 0 Å². The largest absolute Gasteiger partial charge is 0.481 e. The van der Waals surface area contributed by atoms with E-state index in [1.165, 1.54) is 0 Å². The predicted molar refractivity (Wildman–Crippen MR) is 68.2 cm³/mol. The summed E-state index contributed by atoms with van der Waals surface area (Å²) < 4.78 is 0. The second kappa shape index (κ2) is 9.91. The maximum atomic E-state index is 10.3. The molecule has 0 spiro atoms. The zero-order chi connectivity index (χ0) is 13.4. The van der Waals surface area contributed by atoms with Gasteiger partial charge in [0.25, 0.3) is 0 Å². The van der Waals surface area contributed by atoms with Crippen LogP contribution in [0.15, 0.2) is 24.3 Å². The molecule has 102 valence electrons. The first-order chi connectivity index (χ1) is 8.61. The Bertz CT molecular complexity index is 315. The van der Waals surface area contributed by atoms with Crippen molar-refractivity contribution in [2.45, 2.75) is 38.5 Å². The first-order valence-electron chi connectivity index (χ1n) is 6.40. The Morgan fingerprint density at radius 1 is 0.842 bits per heavy atom. The molecule has 19 heavy (non-hydrogen) atoms. The van der Waals surface area contributed by atoms with E-state index >= 15 is 0 Å². The van der Waals surface area contributed by atoms with E-state index in [0.29, 0.717) is 0 Å². The molecule has 0 fully saturated rings. The van der Waals surface area contributed by atoms with E-state index in [1.54, 1.807) is 12.2 Å². The monoisotopic (exact) mass is 316 g/mol. The summed E-state index contributed by atoms with van der Waals surface area (Å²) in [5, 5.41) is 17.0. The van der Waals surface area contributed by atoms with Crippen molar-refractivity contribution in [1.29, 1.82) is 0 Å². The standard InChI is InChI=1S/2C7H10O2.Zn/c2*8-7(9)6-4-2-1-3-5-6;/h2*2,4,6H,1,3,5H2,(H,8,9);. The van der Waals surface area contributed by atoms with Crippen molar-refractivity contribution in [2.24, 2.45) is 11.8 Å². The molecule has 0 saturated heterocycles. The Morgan fingerprint density at radius 2 is 1.21 bits per heavy atom. The molecule has 2 rings (SSSR count). The van der Waals surface area contributed by atoms with Crippen molar-refractivity contribution >= 4 is 11.9 Å². The van der Waals surface area contributed by atoms with Crippen LogP contribution in [0.2, 0.25) is 0 Å². The molecule has 0 radical (unpaired) electrons. The number of rotatable bonds is 2. The maximum absolute atomic E-state index is 10.3. The molecule has 0 aromatic rings. The molecule has 5 heteroatoms. The molecule has 0 bridgehead atoms. The molecule has 2 aliphatic rings. The minimum absolute atomic E-state index is 0. The van der Waals surface area contributed by atoms with Crippen LogP contribution >= 0.6 is 0 Å². The van der Waals surface area contributed by atoms with Crippen LogP contribution in [-0.2, 0) is 29.1 Å². The summed E-state index contributed by atoms with van der Waals surface area (Å²) in [4.78, 5) is 20.6. The second-order valence-electron chi connectivity index (χ2n) is 4.61. The third kappa shape index (κ3) is 7.26. The van der Waals surface area contributed by atoms with Gasteiger partial charge in [-0.15, -0.1) is 0 Å². The molecule has 0 amide bonds. The molecule has 2 atom stereocenters. The number of hydrogen-bond acceptors (Lipinski definition) is 2. The molecule has 0 heterocycles. The van der Waals surface area contributed by atoms with Crippen molar-refractivity contribution in [1.82, 2.24) is 0 Å². The van der Waals surface area contributed by atoms with Crippen LogP contribution < -0.4 is 0 Å². The molecule has 0 aromatic heterocycles. The summed E-state index contributed by atoms with van der Waals surface area (Å²) >= 11 is 0. The molecule has 0 saturated carbocycles. The van der Waals surface area contributed by atoms with Gasteiger partial charge in [0, 0.05) is 19.5 Å². The fourth-order valence-electron chi connectivity index (χ4n) is 2.04. The van der Waals surface area contributed by atoms with E-state index in [1.807, 2.05) is 12.2 Å². The van der Waals surface area contributed by atoms with Gasteiger partial charge in [0.05, 0.1) is 11.8 Å². The number of carboxylic acid groups (broad SMARTS) is 2. The Morgan fingerprint density at radius 3 is 1.37 bits per heavy atom. The summed E-state index contributed by atoms with van der Waals surface area (Å²) in [6, 6.07) is 0. The van der Waals surface area contributed by atoms with Gasteiger partial charge in [-0.05, 0) is 38.5 Å². The summed E-state index contributed by atoms with van der Waals surface area (Å²) in [7, 11) is 0. The van der Waals surface area contributed by atoms with E-state index in [2.05, 4.69) is 0 Å². The Kier molecular flexibility index (Phi) is 9.41. The van der Waals surface area contributed by atoms with Crippen molar-refractivity contribution in [3.63, 3.8) is 0 Å². The minimum Gasteiger partial charge on any atom is -0.481 e. The first-order valence-corrected chi connectivity index (χ1v) is 6.40. The van der Waals surface area contributed by atoms with Crippen molar-refractivity contribution in [2.75, 3.05) is 0 Å². The third-order valence-corrected chi connectivity index (χ3v) is 3.14. The van der Waals surface area contributed by atoms with Crippen molar-refractivity contribution < 1.29 is 39.3 Å². The van der Waals surface area contributed by atoms with Crippen LogP contribution in [-0.4, -0.2) is 22.2 Å². The molecular weight excluding hydrogens is 298 g/mol. The zero-order valence-corrected chi connectivity index (χ0v) is 14.1. The van der Waals surface area contributed by atoms with E-state index in [-0.39, 0.29) is 31.3 Å². The number of aliphatic carboxylic acids is 2. The number of hydrogen-bond donors (Lipinski definition) is 2. The fourth-order valence-corrected chi connectivity index (χ4v) is 2.04. The third-order valence-electron chi connectivity index (χ3n) is 3.14. The van der Waals surface area contributed by atoms with Crippen LogP contribution in [0, 0.1) is 11.8 Å². The van der Waals surface area contributed by atoms with Gasteiger partial charge in [-0.2, -0.15) is 0 Å². The van der Waals surface area contributed by atoms with Crippen LogP contribution in [0.3, 0.4) is 0 Å². The summed E-state index contributed by atoms with van der Waals surface area (Å²) in [5.74, 6) is -1.80. The van der Waals surface area contributed by atoms with E-state index in [4.69, 9.17) is 10.2 Å². The maximum Gasteiger partial charge on any atom is 0.310 e. The van der Waals surface area contributed by atoms with Gasteiger partial charge in [0.2, 0.25) is 0 Å². The topological polar surface area (TPSA) is 74.6 Å². The van der Waals surface area contributed by atoms with Crippen LogP contribution in [0.25, 0.3) is 0 Å². The second-order valence-corrected chi connectivity index (χ2v) is 4.61. The van der Waals surface area contributed by atoms with E-state index < -0.39 is 11.9 Å². The SMILES string of the molecule is O=C(O)C1C=CCCC1.O=C(O)C1C=CCCC1.[Zn]. The van der Waals surface area contributed by atoms with Gasteiger partial charge in [0.15, 0.2) is 0 Å². The normalized spacial score (nSPS) is 24.6. The Balaban J connectivity index is 0.000000324. The Labute approximate surface area is 126 Å². The molecular formula is C14H20O4Zn. The minimum atomic E-state index is -0.689. The average Bonchev–Trinajstić information content (AvgIpc) is 2.41. The Hall–Kier alpha value is -0.957. The van der Waals surface area contributed by atoms with Gasteiger partial charge in [-0.25, -0.2) is 0 Å².